The van der Waals surface area contributed by atoms with Gasteiger partial charge >= 0.3 is 0 Å². The number of Topliss-reactive ketones (excluding diaryl/α,β-unsaturated/α-hetero) is 2. The molecule has 3 aliphatic carbocycles. The molecular formula is C19H20N4O6. The molecule has 1 aromatic rings. The van der Waals surface area contributed by atoms with E-state index in [0.29, 0.717) is 12.0 Å². The van der Waals surface area contributed by atoms with E-state index in [9.17, 15) is 29.7 Å². The molecule has 5 N–H and O–H groups in total. The number of ketones is 2. The normalized spacial score (nSPS) is 31.5. The first kappa shape index (κ1) is 19.2. The molecule has 0 aliphatic heterocycles. The molecule has 1 saturated carbocycles. The van der Waals surface area contributed by atoms with Crippen LogP contribution in [0.3, 0.4) is 0 Å². The fourth-order valence-corrected chi connectivity index (χ4v) is 4.87. The van der Waals surface area contributed by atoms with Gasteiger partial charge in [0, 0.05) is 17.7 Å². The molecule has 4 rings (SSSR count). The van der Waals surface area contributed by atoms with Crippen LogP contribution in [0.4, 0.5) is 0 Å². The van der Waals surface area contributed by atoms with E-state index in [1.807, 2.05) is 0 Å². The monoisotopic (exact) mass is 400 g/mol. The summed E-state index contributed by atoms with van der Waals surface area (Å²) in [5.74, 6) is -5.97. The van der Waals surface area contributed by atoms with Gasteiger partial charge in [0.1, 0.15) is 17.0 Å². The van der Waals surface area contributed by atoms with Crippen LogP contribution in [0.1, 0.15) is 17.7 Å². The van der Waals surface area contributed by atoms with Gasteiger partial charge in [-0.1, -0.05) is 0 Å². The highest BCUT2D eigenvalue weighted by Gasteiger charge is 2.64. The second-order valence-corrected chi connectivity index (χ2v) is 7.87. The molecule has 1 heterocycles. The number of aromatic nitrogens is 2. The van der Waals surface area contributed by atoms with Crippen molar-refractivity contribution in [3.8, 4) is 0 Å². The lowest BCUT2D eigenvalue weighted by Gasteiger charge is -2.50. The van der Waals surface area contributed by atoms with Crippen LogP contribution >= 0.6 is 0 Å². The number of aliphatic hydroxyl groups excluding tert-OH is 2. The van der Waals surface area contributed by atoms with Crippen molar-refractivity contribution in [1.29, 1.82) is 0 Å². The molecule has 0 aromatic carbocycles. The van der Waals surface area contributed by atoms with Gasteiger partial charge < -0.3 is 21.1 Å². The van der Waals surface area contributed by atoms with Gasteiger partial charge in [-0.05, 0) is 44.5 Å². The first-order valence-electron chi connectivity index (χ1n) is 9.06. The van der Waals surface area contributed by atoms with Crippen LogP contribution in [0.5, 0.6) is 0 Å². The van der Waals surface area contributed by atoms with E-state index in [1.54, 1.807) is 20.2 Å². The summed E-state index contributed by atoms with van der Waals surface area (Å²) in [6, 6.07) is 0.626. The van der Waals surface area contributed by atoms with Crippen molar-refractivity contribution in [3.63, 3.8) is 0 Å². The molecule has 0 saturated heterocycles. The van der Waals surface area contributed by atoms with Crippen LogP contribution in [0.2, 0.25) is 0 Å². The number of hydrogen-bond acceptors (Lipinski definition) is 9. The molecule has 0 unspecified atom stereocenters. The van der Waals surface area contributed by atoms with Gasteiger partial charge in [0.25, 0.3) is 5.91 Å². The lowest BCUT2D eigenvalue weighted by Crippen LogP contribution is -2.65. The van der Waals surface area contributed by atoms with Gasteiger partial charge in [0.2, 0.25) is 5.78 Å². The van der Waals surface area contributed by atoms with Crippen LogP contribution in [0, 0.1) is 11.8 Å². The molecule has 0 radical (unpaired) electrons. The van der Waals surface area contributed by atoms with Crippen LogP contribution in [0.15, 0.2) is 29.2 Å². The second kappa shape index (κ2) is 6.19. The summed E-state index contributed by atoms with van der Waals surface area (Å²) in [4.78, 5) is 39.6. The van der Waals surface area contributed by atoms with Crippen molar-refractivity contribution in [2.45, 2.75) is 24.5 Å². The van der Waals surface area contributed by atoms with Crippen molar-refractivity contribution >= 4 is 23.2 Å². The molecule has 29 heavy (non-hydrogen) atoms. The Morgan fingerprint density at radius 2 is 2.00 bits per heavy atom. The van der Waals surface area contributed by atoms with Crippen molar-refractivity contribution < 1.29 is 29.7 Å². The lowest BCUT2D eigenvalue weighted by atomic mass is 9.58. The van der Waals surface area contributed by atoms with Gasteiger partial charge in [-0.2, -0.15) is 5.10 Å². The Kier molecular flexibility index (Phi) is 4.10. The Hall–Kier alpha value is -3.11. The Balaban J connectivity index is 1.97. The van der Waals surface area contributed by atoms with E-state index in [-0.39, 0.29) is 17.7 Å². The number of fused-ring (bicyclic) bond motifs is 3. The number of carbonyl (C=O) groups excluding carboxylic acids is 3. The van der Waals surface area contributed by atoms with E-state index in [2.05, 4.69) is 10.2 Å². The minimum absolute atomic E-state index is 0.0982. The van der Waals surface area contributed by atoms with Crippen molar-refractivity contribution in [2.24, 2.45) is 17.6 Å². The number of amides is 1. The maximum atomic E-state index is 13.4. The van der Waals surface area contributed by atoms with Crippen molar-refractivity contribution in [1.82, 2.24) is 15.1 Å². The third-order valence-electron chi connectivity index (χ3n) is 6.12. The third kappa shape index (κ3) is 2.39. The summed E-state index contributed by atoms with van der Waals surface area (Å²) in [7, 11) is 3.14. The minimum atomic E-state index is -2.56. The van der Waals surface area contributed by atoms with Crippen molar-refractivity contribution in [3.05, 3.63) is 40.4 Å². The molecule has 4 atom stereocenters. The average molecular weight is 400 g/mol. The smallest absolute Gasteiger partial charge is 0.255 e. The SMILES string of the molecule is CN(C)[C@@H]1C(=O)C(C(N)=O)=C(O)[C@@]2(O)C(=O)C3=C(O)c4nnccc4C[C@H]3C[C@@H]12. The van der Waals surface area contributed by atoms with Gasteiger partial charge in [0.05, 0.1) is 6.04 Å². The van der Waals surface area contributed by atoms with Gasteiger partial charge in [-0.3, -0.25) is 19.3 Å². The van der Waals surface area contributed by atoms with Gasteiger partial charge in [0.15, 0.2) is 17.1 Å². The van der Waals surface area contributed by atoms with Crippen molar-refractivity contribution in [2.75, 3.05) is 14.1 Å². The number of hydrogen-bond donors (Lipinski definition) is 4. The lowest BCUT2D eigenvalue weighted by molar-refractivity contribution is -0.153. The molecule has 1 amide bonds. The highest BCUT2D eigenvalue weighted by Crippen LogP contribution is 2.51. The Morgan fingerprint density at radius 3 is 2.62 bits per heavy atom. The number of aliphatic hydroxyl groups is 3. The number of rotatable bonds is 2. The van der Waals surface area contributed by atoms with Gasteiger partial charge in [-0.15, -0.1) is 5.10 Å². The molecule has 10 heteroatoms. The predicted molar refractivity (Wildman–Crippen MR) is 98.2 cm³/mol. The van der Waals surface area contributed by atoms with Crippen LogP contribution < -0.4 is 5.73 Å². The summed E-state index contributed by atoms with van der Waals surface area (Å²) < 4.78 is 0. The molecule has 0 spiro atoms. The third-order valence-corrected chi connectivity index (χ3v) is 6.12. The zero-order valence-corrected chi connectivity index (χ0v) is 15.8. The van der Waals surface area contributed by atoms with Crippen LogP contribution in [-0.4, -0.2) is 73.6 Å². The summed E-state index contributed by atoms with van der Waals surface area (Å²) in [6.45, 7) is 0. The first-order chi connectivity index (χ1) is 13.6. The average Bonchev–Trinajstić information content (AvgIpc) is 2.64. The molecular weight excluding hydrogens is 380 g/mol. The van der Waals surface area contributed by atoms with Gasteiger partial charge in [-0.25, -0.2) is 0 Å². The summed E-state index contributed by atoms with van der Waals surface area (Å²) in [5, 5.41) is 40.3. The summed E-state index contributed by atoms with van der Waals surface area (Å²) in [5.41, 5.74) is 2.61. The standard InChI is InChI=1S/C19H20N4O6/c1-23(2)13-9-6-8-5-7-3-4-21-22-12(7)14(24)10(8)16(26)19(9,29)17(27)11(15(13)25)18(20)28/h3-4,8-9,13,24,27,29H,5-6H2,1-2H3,(H2,20,28)/t8-,9-,13-,19-/m0/s1. The largest absolute Gasteiger partial charge is 0.508 e. The topological polar surface area (TPSA) is 167 Å². The number of nitrogens with two attached hydrogens (primary N) is 1. The first-order valence-corrected chi connectivity index (χ1v) is 9.06. The number of primary amides is 1. The number of carbonyl (C=O) groups is 3. The molecule has 1 aromatic heterocycles. The predicted octanol–water partition coefficient (Wildman–Crippen LogP) is -0.952. The zero-order chi connectivity index (χ0) is 21.2. The fraction of sp³-hybridized carbons (Fsp3) is 0.421. The Morgan fingerprint density at radius 1 is 1.31 bits per heavy atom. The maximum Gasteiger partial charge on any atom is 0.255 e. The highest BCUT2D eigenvalue weighted by atomic mass is 16.3. The number of nitrogens with zero attached hydrogens (tertiary/aromatic N) is 3. The fourth-order valence-electron chi connectivity index (χ4n) is 4.87. The van der Waals surface area contributed by atoms with E-state index in [1.165, 1.54) is 11.1 Å². The Labute approximate surface area is 165 Å². The van der Waals surface area contributed by atoms with E-state index < -0.39 is 58.0 Å². The molecule has 1 fully saturated rings. The van der Waals surface area contributed by atoms with E-state index in [4.69, 9.17) is 5.73 Å². The van der Waals surface area contributed by atoms with E-state index in [0.717, 1.165) is 0 Å². The van der Waals surface area contributed by atoms with Crippen LogP contribution in [0.25, 0.3) is 5.76 Å². The zero-order valence-electron chi connectivity index (χ0n) is 15.8. The summed E-state index contributed by atoms with van der Waals surface area (Å²) >= 11 is 0. The molecule has 0 bridgehead atoms. The van der Waals surface area contributed by atoms with E-state index >= 15 is 0 Å². The molecule has 152 valence electrons. The van der Waals surface area contributed by atoms with Crippen LogP contribution in [-0.2, 0) is 20.8 Å². The number of likely N-dealkylation sites (N-methyl/N-ethyl adjacent to an activating group) is 1. The second-order valence-electron chi connectivity index (χ2n) is 7.87. The minimum Gasteiger partial charge on any atom is -0.508 e. The Bertz CT molecular complexity index is 1030. The molecule has 10 nitrogen and oxygen atoms in total. The quantitative estimate of drug-likeness (QED) is 0.457. The molecule has 3 aliphatic rings. The maximum absolute atomic E-state index is 13.4. The summed E-state index contributed by atoms with van der Waals surface area (Å²) in [6.07, 6.45) is 1.94. The highest BCUT2D eigenvalue weighted by molar-refractivity contribution is 6.24.